The van der Waals surface area contributed by atoms with Crippen molar-refractivity contribution in [3.05, 3.63) is 166 Å². The molecule has 2 aliphatic carbocycles. The number of rotatable bonds is 47. The summed E-state index contributed by atoms with van der Waals surface area (Å²) in [7, 11) is -3.66. The van der Waals surface area contributed by atoms with E-state index in [-0.39, 0.29) is 125 Å². The Morgan fingerprint density at radius 3 is 1.65 bits per heavy atom. The van der Waals surface area contributed by atoms with Gasteiger partial charge in [-0.25, -0.2) is 27.5 Å². The van der Waals surface area contributed by atoms with Gasteiger partial charge in [0.05, 0.1) is 25.4 Å². The lowest BCUT2D eigenvalue weighted by Crippen LogP contribution is -2.32. The number of hydroxylamine groups is 4. The molecule has 0 spiro atoms. The number of sulfonamides is 1. The number of nitrogens with one attached hydrogen (secondary N) is 2. The van der Waals surface area contributed by atoms with Gasteiger partial charge in [-0.15, -0.1) is 5.10 Å². The normalized spacial score (nSPS) is 14.8. The molecular formula is C88H108N8O25S. The topological polar surface area (TPSA) is 429 Å². The average molecular weight is 1710 g/mol. The Kier molecular flexibility index (Phi) is 37.7. The fourth-order valence-electron chi connectivity index (χ4n) is 13.9. The molecule has 4 atom stereocenters. The molecular weight excluding hydrogens is 1600 g/mol. The SMILES string of the molecule is CCCCOCCCC(=O)c1ccc2c(c1)C(COC(=O)ON1C(=O)CCC1=O)c1cc(C(=O)CCCOC(C)CCO)ccc1-2.CCCCOCCNC(=O)CCCc1ccc2c(c1)C(COC(=O)ON1C(=O)CCC1=O)c1cccc(C(=O)CCCOC(C)CCO)c1-2.CCNS(=O)(=O)c1cnccc1CCOC(=O)On1nnc2ccccc21. The second kappa shape index (κ2) is 48.5. The van der Waals surface area contributed by atoms with Crippen molar-refractivity contribution in [2.75, 3.05) is 85.8 Å². The molecule has 33 nitrogen and oxygen atoms in total. The van der Waals surface area contributed by atoms with E-state index in [1.165, 1.54) is 12.4 Å². The van der Waals surface area contributed by atoms with Crippen molar-refractivity contribution in [1.29, 1.82) is 0 Å². The summed E-state index contributed by atoms with van der Waals surface area (Å²) in [6.07, 6.45) is 8.51. The van der Waals surface area contributed by atoms with Crippen LogP contribution in [0, 0.1) is 0 Å². The number of ether oxygens (including phenoxy) is 7. The van der Waals surface area contributed by atoms with E-state index in [1.807, 2.05) is 50.2 Å². The lowest BCUT2D eigenvalue weighted by atomic mass is 9.93. The van der Waals surface area contributed by atoms with Crippen LogP contribution in [0.4, 0.5) is 14.4 Å². The Hall–Kier alpha value is -11.1. The number of aliphatic hydroxyl groups excluding tert-OH is 2. The Morgan fingerprint density at radius 2 is 1.07 bits per heavy atom. The van der Waals surface area contributed by atoms with Gasteiger partial charge < -0.3 is 48.7 Å². The number of benzene rings is 5. The van der Waals surface area contributed by atoms with Crippen LogP contribution in [0.1, 0.15) is 226 Å². The van der Waals surface area contributed by atoms with E-state index in [9.17, 15) is 61.2 Å². The zero-order valence-corrected chi connectivity index (χ0v) is 70.3. The van der Waals surface area contributed by atoms with E-state index < -0.39 is 64.0 Å². The molecule has 34 heteroatoms. The van der Waals surface area contributed by atoms with Crippen LogP contribution in [0.15, 0.2) is 120 Å². The number of hydrogen-bond donors (Lipinski definition) is 4. The van der Waals surface area contributed by atoms with Crippen LogP contribution in [-0.4, -0.2) is 212 Å². The van der Waals surface area contributed by atoms with Crippen LogP contribution < -0.4 is 14.9 Å². The number of imide groups is 2. The molecule has 5 amide bonds. The highest BCUT2D eigenvalue weighted by molar-refractivity contribution is 7.89. The number of Topliss-reactive ketones (excluding diaryl/α,β-unsaturated/α-hetero) is 3. The Morgan fingerprint density at radius 1 is 0.533 bits per heavy atom. The number of aryl methyl sites for hydroxylation is 1. The summed E-state index contributed by atoms with van der Waals surface area (Å²) < 4.78 is 65.1. The average Bonchev–Trinajstić information content (AvgIpc) is 1.60. The van der Waals surface area contributed by atoms with Crippen molar-refractivity contribution in [2.24, 2.45) is 0 Å². The molecule has 0 saturated carbocycles. The molecule has 4 unspecified atom stereocenters. The van der Waals surface area contributed by atoms with Crippen molar-refractivity contribution >= 4 is 86.4 Å². The van der Waals surface area contributed by atoms with Gasteiger partial charge >= 0.3 is 18.5 Å². The highest BCUT2D eigenvalue weighted by atomic mass is 32.2. The molecule has 2 fully saturated rings. The van der Waals surface area contributed by atoms with E-state index in [0.29, 0.717) is 147 Å². The van der Waals surface area contributed by atoms with Crippen LogP contribution in [-0.2, 0) is 89.7 Å². The van der Waals surface area contributed by atoms with E-state index in [0.717, 1.165) is 80.6 Å². The van der Waals surface area contributed by atoms with E-state index in [2.05, 4.69) is 39.2 Å². The molecule has 4 N–H and O–H groups in total. The lowest BCUT2D eigenvalue weighted by Gasteiger charge is -2.17. The van der Waals surface area contributed by atoms with Gasteiger partial charge in [0.25, 0.3) is 23.6 Å². The quantitative estimate of drug-likeness (QED) is 0.00687. The first-order chi connectivity index (χ1) is 59.0. The first-order valence-electron chi connectivity index (χ1n) is 41.5. The third-order valence-electron chi connectivity index (χ3n) is 20.4. The van der Waals surface area contributed by atoms with Gasteiger partial charge in [-0.05, 0) is 163 Å². The molecule has 2 aromatic heterocycles. The van der Waals surface area contributed by atoms with Crippen molar-refractivity contribution < 1.29 is 119 Å². The Bertz CT molecular complexity index is 4870. The molecule has 4 heterocycles. The first-order valence-corrected chi connectivity index (χ1v) is 43.0. The highest BCUT2D eigenvalue weighted by Crippen LogP contribution is 2.49. The van der Waals surface area contributed by atoms with Crippen molar-refractivity contribution in [2.45, 2.75) is 192 Å². The van der Waals surface area contributed by atoms with Gasteiger partial charge in [-0.1, -0.05) is 121 Å². The van der Waals surface area contributed by atoms with E-state index in [1.54, 1.807) is 73.7 Å². The maximum absolute atomic E-state index is 13.5. The second-order valence-corrected chi connectivity index (χ2v) is 31.1. The van der Waals surface area contributed by atoms with Crippen LogP contribution in [0.2, 0.25) is 0 Å². The zero-order chi connectivity index (χ0) is 87.5. The first kappa shape index (κ1) is 94.7. The standard InChI is InChI=1S/C37H48N2O10.C35H43NO10.C16H17N5O5S/c1-3-4-20-46-22-18-38-33(42)12-5-8-26-13-14-28-30(23-26)31(24-48-37(45)49-39-34(43)15-16-35(39)44)27-9-6-10-29(36(27)28)32(41)11-7-21-47-25(2)17-19-40;1-3-4-17-43-18-5-7-31(38)24-9-11-26-27-12-10-25(32(39)8-6-19-44-23(2)15-16-37)21-29(27)30(28(26)20-24)22-45-35(42)46-36-33(40)13-14-34(36)41;1-2-18-27(23,24)15-11-17-9-7-12(15)8-10-25-16(22)26-21-14-6-4-3-5-13(14)19-20-21/h6,9-10,13-14,23,25,31,40H,3-5,7-8,11-12,15-22,24H2,1-2H3,(H,38,42);9-12,20-21,23,30,37H,3-8,13-19,22H2,1-2H3;3-7,9,11,18H,2,8,10H2,1H3. The smallest absolute Gasteiger partial charge is 0.432 e. The fourth-order valence-corrected chi connectivity index (χ4v) is 15.2. The molecule has 656 valence electrons. The number of unbranched alkanes of at least 4 members (excludes halogenated alkanes) is 2. The number of carbonyl (C=O) groups is 11. The third kappa shape index (κ3) is 27.4. The predicted molar refractivity (Wildman–Crippen MR) is 441 cm³/mol. The molecule has 4 aliphatic rings. The van der Waals surface area contributed by atoms with Gasteiger partial charge in [-0.2, -0.15) is 0 Å². The molecule has 0 bridgehead atoms. The Balaban J connectivity index is 0.000000216. The summed E-state index contributed by atoms with van der Waals surface area (Å²) in [6.45, 7) is 13.2. The minimum atomic E-state index is -3.66. The van der Waals surface area contributed by atoms with Gasteiger partial charge in [0.15, 0.2) is 17.3 Å². The molecule has 7 aromatic rings. The summed E-state index contributed by atoms with van der Waals surface area (Å²) in [4.78, 5) is 156. The predicted octanol–water partition coefficient (Wildman–Crippen LogP) is 11.5. The highest BCUT2D eigenvalue weighted by Gasteiger charge is 2.39. The van der Waals surface area contributed by atoms with Crippen molar-refractivity contribution in [3.63, 3.8) is 0 Å². The summed E-state index contributed by atoms with van der Waals surface area (Å²) in [5.74, 6) is -3.58. The third-order valence-corrected chi connectivity index (χ3v) is 22.0. The summed E-state index contributed by atoms with van der Waals surface area (Å²) in [5.41, 5.74) is 10.6. The number of hydrogen-bond acceptors (Lipinski definition) is 28. The molecule has 11 rings (SSSR count). The summed E-state index contributed by atoms with van der Waals surface area (Å²) in [6, 6.07) is 30.8. The number of carbonyl (C=O) groups excluding carboxylic acids is 11. The fraction of sp³-hybridized carbons (Fsp3) is 0.477. The van der Waals surface area contributed by atoms with Gasteiger partial charge in [0.2, 0.25) is 15.9 Å². The molecule has 122 heavy (non-hydrogen) atoms. The summed E-state index contributed by atoms with van der Waals surface area (Å²) >= 11 is 0. The maximum Gasteiger partial charge on any atom is 0.535 e. The van der Waals surface area contributed by atoms with Gasteiger partial charge in [0, 0.05) is 158 Å². The molecule has 2 saturated heterocycles. The molecule has 2 aliphatic heterocycles. The number of nitrogens with zero attached hydrogens (tertiary/aromatic N) is 6. The number of pyridine rings is 1. The minimum Gasteiger partial charge on any atom is -0.432 e. The maximum atomic E-state index is 13.5. The molecule has 5 aromatic carbocycles. The van der Waals surface area contributed by atoms with Crippen LogP contribution in [0.5, 0.6) is 0 Å². The zero-order valence-electron chi connectivity index (χ0n) is 69.5. The van der Waals surface area contributed by atoms with E-state index in [4.69, 9.17) is 57.9 Å². The number of para-hydroxylation sites is 1. The van der Waals surface area contributed by atoms with E-state index >= 15 is 0 Å². The van der Waals surface area contributed by atoms with Crippen molar-refractivity contribution in [3.8, 4) is 22.3 Å². The number of amides is 5. The second-order valence-electron chi connectivity index (χ2n) is 29.3. The monoisotopic (exact) mass is 1710 g/mol. The van der Waals surface area contributed by atoms with Crippen LogP contribution in [0.25, 0.3) is 33.3 Å². The summed E-state index contributed by atoms with van der Waals surface area (Å²) in [5, 5.41) is 29.5. The number of fused-ring (bicyclic) bond motifs is 7. The van der Waals surface area contributed by atoms with Crippen LogP contribution >= 0.6 is 0 Å². The number of ketones is 3. The van der Waals surface area contributed by atoms with Crippen molar-refractivity contribution in [1.82, 2.24) is 40.3 Å². The Labute approximate surface area is 707 Å². The van der Waals surface area contributed by atoms with Gasteiger partial charge in [0.1, 0.15) is 29.1 Å². The number of aromatic nitrogens is 4. The number of aliphatic hydroxyl groups is 2. The van der Waals surface area contributed by atoms with Crippen LogP contribution in [0.3, 0.4) is 0 Å². The lowest BCUT2D eigenvalue weighted by molar-refractivity contribution is -0.177. The minimum absolute atomic E-state index is 0.0298. The largest absolute Gasteiger partial charge is 0.535 e. The molecule has 0 radical (unpaired) electrons. The van der Waals surface area contributed by atoms with Gasteiger partial charge in [-0.3, -0.25) is 57.9 Å².